The lowest BCUT2D eigenvalue weighted by Gasteiger charge is -2.12. The first-order valence-corrected chi connectivity index (χ1v) is 5.10. The molecule has 0 radical (unpaired) electrons. The molecular weight excluding hydrogens is 200 g/mol. The van der Waals surface area contributed by atoms with Crippen molar-refractivity contribution in [1.82, 2.24) is 0 Å². The van der Waals surface area contributed by atoms with E-state index in [2.05, 4.69) is 0 Å². The van der Waals surface area contributed by atoms with Crippen LogP contribution in [0, 0.1) is 5.92 Å². The Bertz CT molecular complexity index is 599. The minimum Gasteiger partial charge on any atom is -0.293 e. The van der Waals surface area contributed by atoms with Gasteiger partial charge in [0.25, 0.3) is 0 Å². The third-order valence-electron chi connectivity index (χ3n) is 3.06. The van der Waals surface area contributed by atoms with E-state index in [1.807, 2.05) is 30.2 Å². The molecule has 0 spiro atoms. The van der Waals surface area contributed by atoms with Crippen molar-refractivity contribution in [3.05, 3.63) is 59.2 Å². The first kappa shape index (κ1) is 9.08. The number of rotatable bonds is 0. The zero-order chi connectivity index (χ0) is 11.1. The lowest BCUT2D eigenvalue weighted by Crippen LogP contribution is -2.12. The molecule has 2 heteroatoms. The summed E-state index contributed by atoms with van der Waals surface area (Å²) in [6, 6.07) is 7.46. The SMILES string of the molecule is O=C=C1C=CC=C2c3ccccc3C(=O)C12. The van der Waals surface area contributed by atoms with Crippen LogP contribution >= 0.6 is 0 Å². The summed E-state index contributed by atoms with van der Waals surface area (Å²) in [6.07, 6.45) is 5.35. The number of benzene rings is 1. The Morgan fingerprint density at radius 2 is 1.88 bits per heavy atom. The van der Waals surface area contributed by atoms with E-state index in [0.717, 1.165) is 11.1 Å². The number of hydrogen-bond acceptors (Lipinski definition) is 2. The maximum atomic E-state index is 12.1. The van der Waals surface area contributed by atoms with Gasteiger partial charge in [0.05, 0.1) is 11.5 Å². The van der Waals surface area contributed by atoms with Crippen molar-refractivity contribution in [1.29, 1.82) is 0 Å². The fourth-order valence-corrected chi connectivity index (χ4v) is 2.34. The van der Waals surface area contributed by atoms with Crippen molar-refractivity contribution in [2.75, 3.05) is 0 Å². The van der Waals surface area contributed by atoms with Crippen LogP contribution in [0.1, 0.15) is 15.9 Å². The summed E-state index contributed by atoms with van der Waals surface area (Å²) in [5.41, 5.74) is 2.99. The summed E-state index contributed by atoms with van der Waals surface area (Å²) in [7, 11) is 0. The molecule has 2 nitrogen and oxygen atoms in total. The Labute approximate surface area is 92.6 Å². The Morgan fingerprint density at radius 1 is 1.12 bits per heavy atom. The highest BCUT2D eigenvalue weighted by atomic mass is 16.1. The van der Waals surface area contributed by atoms with E-state index in [1.165, 1.54) is 0 Å². The zero-order valence-corrected chi connectivity index (χ0v) is 8.44. The molecule has 0 N–H and O–H groups in total. The van der Waals surface area contributed by atoms with E-state index >= 15 is 0 Å². The molecule has 0 saturated heterocycles. The number of fused-ring (bicyclic) bond motifs is 3. The molecule has 0 saturated carbocycles. The van der Waals surface area contributed by atoms with Crippen LogP contribution in [-0.4, -0.2) is 11.7 Å². The molecule has 0 amide bonds. The normalized spacial score (nSPS) is 21.2. The minimum atomic E-state index is -0.431. The molecule has 1 unspecified atom stereocenters. The molecule has 0 fully saturated rings. The monoisotopic (exact) mass is 208 g/mol. The lowest BCUT2D eigenvalue weighted by atomic mass is 9.88. The Balaban J connectivity index is 2.29. The van der Waals surface area contributed by atoms with Crippen molar-refractivity contribution in [3.8, 4) is 0 Å². The summed E-state index contributed by atoms with van der Waals surface area (Å²) < 4.78 is 0. The molecule has 0 bridgehead atoms. The average Bonchev–Trinajstić information content (AvgIpc) is 2.64. The first-order valence-electron chi connectivity index (χ1n) is 5.10. The molecule has 2 aliphatic carbocycles. The Hall–Kier alpha value is -2.18. The van der Waals surface area contributed by atoms with Crippen LogP contribution in [0.5, 0.6) is 0 Å². The van der Waals surface area contributed by atoms with Gasteiger partial charge >= 0.3 is 0 Å². The molecule has 16 heavy (non-hydrogen) atoms. The number of Topliss-reactive ketones (excluding diaryl/α,β-unsaturated/α-hetero) is 1. The van der Waals surface area contributed by atoms with Crippen molar-refractivity contribution >= 4 is 17.3 Å². The van der Waals surface area contributed by atoms with Gasteiger partial charge in [0.2, 0.25) is 0 Å². The van der Waals surface area contributed by atoms with Crippen molar-refractivity contribution in [3.63, 3.8) is 0 Å². The number of allylic oxidation sites excluding steroid dienone is 5. The number of carbonyl (C=O) groups is 1. The molecule has 1 aromatic carbocycles. The smallest absolute Gasteiger partial charge is 0.176 e. The predicted molar refractivity (Wildman–Crippen MR) is 60.6 cm³/mol. The highest BCUT2D eigenvalue weighted by Gasteiger charge is 2.37. The summed E-state index contributed by atoms with van der Waals surface area (Å²) in [5, 5.41) is 0. The molecule has 3 rings (SSSR count). The third-order valence-corrected chi connectivity index (χ3v) is 3.06. The Kier molecular flexibility index (Phi) is 1.79. The van der Waals surface area contributed by atoms with Gasteiger partial charge in [-0.2, -0.15) is 0 Å². The second kappa shape index (κ2) is 3.16. The molecule has 2 aliphatic rings. The lowest BCUT2D eigenvalue weighted by molar-refractivity contribution is 0.0973. The molecule has 0 heterocycles. The number of ketones is 1. The summed E-state index contributed by atoms with van der Waals surface area (Å²) >= 11 is 0. The molecule has 0 aliphatic heterocycles. The molecule has 0 aromatic heterocycles. The third kappa shape index (κ3) is 1.02. The van der Waals surface area contributed by atoms with Crippen LogP contribution in [0.15, 0.2) is 48.1 Å². The van der Waals surface area contributed by atoms with Crippen molar-refractivity contribution in [2.24, 2.45) is 5.92 Å². The topological polar surface area (TPSA) is 34.1 Å². The van der Waals surface area contributed by atoms with Gasteiger partial charge in [-0.1, -0.05) is 36.4 Å². The van der Waals surface area contributed by atoms with Gasteiger partial charge in [-0.25, -0.2) is 4.79 Å². The van der Waals surface area contributed by atoms with Gasteiger partial charge in [0.1, 0.15) is 5.94 Å². The van der Waals surface area contributed by atoms with E-state index in [0.29, 0.717) is 11.1 Å². The van der Waals surface area contributed by atoms with Gasteiger partial charge in [0, 0.05) is 5.56 Å². The maximum absolute atomic E-state index is 12.1. The maximum Gasteiger partial charge on any atom is 0.176 e. The van der Waals surface area contributed by atoms with Gasteiger partial charge < -0.3 is 0 Å². The largest absolute Gasteiger partial charge is 0.293 e. The van der Waals surface area contributed by atoms with E-state index < -0.39 is 5.92 Å². The average molecular weight is 208 g/mol. The van der Waals surface area contributed by atoms with Gasteiger partial charge in [-0.3, -0.25) is 4.79 Å². The quantitative estimate of drug-likeness (QED) is 0.612. The standard InChI is InChI=1S/C14H8O2/c15-8-9-4-3-7-11-10-5-1-2-6-12(10)14(16)13(9)11/h1-7,13H. The van der Waals surface area contributed by atoms with Crippen molar-refractivity contribution in [2.45, 2.75) is 0 Å². The van der Waals surface area contributed by atoms with Crippen LogP contribution < -0.4 is 0 Å². The molecule has 1 atom stereocenters. The highest BCUT2D eigenvalue weighted by molar-refractivity contribution is 6.17. The van der Waals surface area contributed by atoms with E-state index in [1.54, 1.807) is 18.2 Å². The van der Waals surface area contributed by atoms with Gasteiger partial charge in [-0.15, -0.1) is 0 Å². The second-order valence-electron chi connectivity index (χ2n) is 3.88. The summed E-state index contributed by atoms with van der Waals surface area (Å²) in [5.74, 6) is 1.43. The van der Waals surface area contributed by atoms with Crippen LogP contribution in [-0.2, 0) is 4.79 Å². The van der Waals surface area contributed by atoms with Crippen molar-refractivity contribution < 1.29 is 9.59 Å². The second-order valence-corrected chi connectivity index (χ2v) is 3.88. The minimum absolute atomic E-state index is 0.00421. The summed E-state index contributed by atoms with van der Waals surface area (Å²) in [4.78, 5) is 22.9. The summed E-state index contributed by atoms with van der Waals surface area (Å²) in [6.45, 7) is 0. The van der Waals surface area contributed by atoms with Crippen LogP contribution in [0.2, 0.25) is 0 Å². The molecule has 76 valence electrons. The van der Waals surface area contributed by atoms with Gasteiger partial charge in [-0.05, 0) is 17.2 Å². The predicted octanol–water partition coefficient (Wildman–Crippen LogP) is 2.21. The first-order chi connectivity index (χ1) is 7.83. The van der Waals surface area contributed by atoms with E-state index in [4.69, 9.17) is 0 Å². The Morgan fingerprint density at radius 3 is 2.62 bits per heavy atom. The fourth-order valence-electron chi connectivity index (χ4n) is 2.34. The zero-order valence-electron chi connectivity index (χ0n) is 8.44. The van der Waals surface area contributed by atoms with Crippen LogP contribution in [0.4, 0.5) is 0 Å². The van der Waals surface area contributed by atoms with Gasteiger partial charge in [0.15, 0.2) is 5.78 Å². The van der Waals surface area contributed by atoms with E-state index in [9.17, 15) is 9.59 Å². The fraction of sp³-hybridized carbons (Fsp3) is 0.0714. The number of hydrogen-bond donors (Lipinski definition) is 0. The van der Waals surface area contributed by atoms with Crippen LogP contribution in [0.25, 0.3) is 5.57 Å². The molecule has 1 aromatic rings. The highest BCUT2D eigenvalue weighted by Crippen LogP contribution is 2.42. The molecular formula is C14H8O2. The number of carbonyl (C=O) groups excluding carboxylic acids is 2. The van der Waals surface area contributed by atoms with Crippen LogP contribution in [0.3, 0.4) is 0 Å². The van der Waals surface area contributed by atoms with E-state index in [-0.39, 0.29) is 5.78 Å².